The zero-order chi connectivity index (χ0) is 25.2. The van der Waals surface area contributed by atoms with Gasteiger partial charge < -0.3 is 4.90 Å². The normalized spacial score (nSPS) is 14.1. The number of hydrogen-bond donors (Lipinski definition) is 0. The molecular weight excluding hydrogens is 491 g/mol. The zero-order valence-corrected chi connectivity index (χ0v) is 21.9. The number of aromatic nitrogens is 3. The van der Waals surface area contributed by atoms with Gasteiger partial charge in [-0.3, -0.25) is 9.78 Å². The number of halogens is 2. The molecule has 184 valence electrons. The Kier molecular flexibility index (Phi) is 7.13. The lowest BCUT2D eigenvalue weighted by molar-refractivity contribution is 0.0689. The topological polar surface area (TPSA) is 51.0 Å². The lowest BCUT2D eigenvalue weighted by atomic mass is 9.94. The third-order valence-corrected chi connectivity index (χ3v) is 7.62. The van der Waals surface area contributed by atoms with E-state index < -0.39 is 0 Å². The van der Waals surface area contributed by atoms with E-state index in [1.54, 1.807) is 29.2 Å². The van der Waals surface area contributed by atoms with E-state index in [-0.39, 0.29) is 11.9 Å². The molecule has 1 aliphatic carbocycles. The largest absolute Gasteiger partial charge is 0.337 e. The SMILES string of the molecule is Cc1c(C(=O)N(C)C2CCCCC2)nn(-c2ccc(Cl)cc2Cl)c1-c1ccc(-c2ccncc2)cc1. The van der Waals surface area contributed by atoms with Crippen LogP contribution in [0, 0.1) is 6.92 Å². The molecule has 5 nitrogen and oxygen atoms in total. The smallest absolute Gasteiger partial charge is 0.274 e. The van der Waals surface area contributed by atoms with Crippen LogP contribution in [0.15, 0.2) is 67.0 Å². The monoisotopic (exact) mass is 518 g/mol. The molecule has 0 radical (unpaired) electrons. The number of carbonyl (C=O) groups excluding carboxylic acids is 1. The van der Waals surface area contributed by atoms with Crippen LogP contribution in [0.4, 0.5) is 0 Å². The van der Waals surface area contributed by atoms with Gasteiger partial charge >= 0.3 is 0 Å². The van der Waals surface area contributed by atoms with Crippen molar-refractivity contribution in [3.63, 3.8) is 0 Å². The maximum absolute atomic E-state index is 13.7. The standard InChI is InChI=1S/C29H28Cl2N4O/c1-19-27(29(36)34(2)24-6-4-3-5-7-24)33-35(26-13-12-23(30)18-25(26)31)28(19)22-10-8-20(9-11-22)21-14-16-32-17-15-21/h8-18,24H,3-7H2,1-2H3. The Morgan fingerprint density at radius 3 is 2.22 bits per heavy atom. The molecule has 2 aromatic heterocycles. The first-order chi connectivity index (χ1) is 17.4. The summed E-state index contributed by atoms with van der Waals surface area (Å²) in [7, 11) is 1.90. The fourth-order valence-electron chi connectivity index (χ4n) is 5.03. The molecule has 0 unspecified atom stereocenters. The summed E-state index contributed by atoms with van der Waals surface area (Å²) in [6.45, 7) is 1.96. The lowest BCUT2D eigenvalue weighted by Gasteiger charge is -2.30. The van der Waals surface area contributed by atoms with Crippen LogP contribution in [-0.2, 0) is 0 Å². The Hall–Kier alpha value is -3.15. The second-order valence-electron chi connectivity index (χ2n) is 9.35. The molecule has 0 saturated heterocycles. The fraction of sp³-hybridized carbons (Fsp3) is 0.276. The van der Waals surface area contributed by atoms with Crippen molar-refractivity contribution >= 4 is 29.1 Å². The first-order valence-electron chi connectivity index (χ1n) is 12.3. The van der Waals surface area contributed by atoms with Crippen molar-refractivity contribution in [1.82, 2.24) is 19.7 Å². The van der Waals surface area contributed by atoms with Crippen LogP contribution in [0.5, 0.6) is 0 Å². The van der Waals surface area contributed by atoms with Crippen molar-refractivity contribution in [2.45, 2.75) is 45.1 Å². The highest BCUT2D eigenvalue weighted by molar-refractivity contribution is 6.35. The molecule has 0 spiro atoms. The molecule has 36 heavy (non-hydrogen) atoms. The molecule has 0 N–H and O–H groups in total. The van der Waals surface area contributed by atoms with Gasteiger partial charge in [-0.2, -0.15) is 5.10 Å². The second-order valence-corrected chi connectivity index (χ2v) is 10.2. The summed E-state index contributed by atoms with van der Waals surface area (Å²) in [6, 6.07) is 17.8. The van der Waals surface area contributed by atoms with Crippen LogP contribution >= 0.6 is 23.2 Å². The molecule has 1 fully saturated rings. The maximum atomic E-state index is 13.7. The summed E-state index contributed by atoms with van der Waals surface area (Å²) in [6.07, 6.45) is 9.19. The van der Waals surface area contributed by atoms with Crippen LogP contribution in [0.2, 0.25) is 10.0 Å². The first-order valence-corrected chi connectivity index (χ1v) is 13.0. The number of benzene rings is 2. The van der Waals surface area contributed by atoms with E-state index in [0.717, 1.165) is 53.6 Å². The van der Waals surface area contributed by atoms with Crippen molar-refractivity contribution in [1.29, 1.82) is 0 Å². The van der Waals surface area contributed by atoms with E-state index >= 15 is 0 Å². The van der Waals surface area contributed by atoms with Crippen molar-refractivity contribution in [3.05, 3.63) is 88.3 Å². The van der Waals surface area contributed by atoms with E-state index in [1.807, 2.05) is 37.1 Å². The molecule has 0 bridgehead atoms. The highest BCUT2D eigenvalue weighted by atomic mass is 35.5. The van der Waals surface area contributed by atoms with Gasteiger partial charge in [0.15, 0.2) is 5.69 Å². The van der Waals surface area contributed by atoms with Gasteiger partial charge in [-0.15, -0.1) is 0 Å². The molecule has 4 aromatic rings. The highest BCUT2D eigenvalue weighted by Crippen LogP contribution is 2.34. The van der Waals surface area contributed by atoms with Crippen LogP contribution < -0.4 is 0 Å². The average molecular weight is 519 g/mol. The highest BCUT2D eigenvalue weighted by Gasteiger charge is 2.29. The third kappa shape index (κ3) is 4.78. The van der Waals surface area contributed by atoms with E-state index in [1.165, 1.54) is 6.42 Å². The molecule has 5 rings (SSSR count). The number of hydrogen-bond acceptors (Lipinski definition) is 3. The van der Waals surface area contributed by atoms with Crippen molar-refractivity contribution in [3.8, 4) is 28.1 Å². The van der Waals surface area contributed by atoms with Crippen molar-refractivity contribution < 1.29 is 4.79 Å². The van der Waals surface area contributed by atoms with E-state index in [2.05, 4.69) is 29.2 Å². The Balaban J connectivity index is 1.60. The number of amides is 1. The average Bonchev–Trinajstić information content (AvgIpc) is 3.25. The van der Waals surface area contributed by atoms with Crippen molar-refractivity contribution in [2.75, 3.05) is 7.05 Å². The summed E-state index contributed by atoms with van der Waals surface area (Å²) in [5.74, 6) is -0.0575. The number of carbonyl (C=O) groups is 1. The Bertz CT molecular complexity index is 1380. The Morgan fingerprint density at radius 2 is 1.56 bits per heavy atom. The second kappa shape index (κ2) is 10.5. The molecule has 7 heteroatoms. The van der Waals surface area contributed by atoms with Crippen molar-refractivity contribution in [2.24, 2.45) is 0 Å². The Labute approximate surface area is 221 Å². The zero-order valence-electron chi connectivity index (χ0n) is 20.4. The van der Waals surface area contributed by atoms with Crippen LogP contribution in [-0.4, -0.2) is 38.7 Å². The first kappa shape index (κ1) is 24.5. The van der Waals surface area contributed by atoms with Gasteiger partial charge in [-0.1, -0.05) is 66.7 Å². The minimum atomic E-state index is -0.0575. The predicted octanol–water partition coefficient (Wildman–Crippen LogP) is 7.62. The van der Waals surface area contributed by atoms with Gasteiger partial charge in [-0.25, -0.2) is 4.68 Å². The van der Waals surface area contributed by atoms with E-state index in [4.69, 9.17) is 28.3 Å². The quantitative estimate of drug-likeness (QED) is 0.273. The maximum Gasteiger partial charge on any atom is 0.274 e. The van der Waals surface area contributed by atoms with Gasteiger partial charge in [0.25, 0.3) is 5.91 Å². The van der Waals surface area contributed by atoms with Crippen LogP contribution in [0.25, 0.3) is 28.1 Å². The fourth-order valence-corrected chi connectivity index (χ4v) is 5.52. The summed E-state index contributed by atoms with van der Waals surface area (Å²) in [5.41, 5.74) is 5.91. The minimum Gasteiger partial charge on any atom is -0.337 e. The van der Waals surface area contributed by atoms with Crippen LogP contribution in [0.1, 0.15) is 48.2 Å². The number of rotatable bonds is 5. The Morgan fingerprint density at radius 1 is 0.917 bits per heavy atom. The molecule has 1 saturated carbocycles. The van der Waals surface area contributed by atoms with Gasteiger partial charge in [0, 0.05) is 41.6 Å². The third-order valence-electron chi connectivity index (χ3n) is 7.08. The lowest BCUT2D eigenvalue weighted by Crippen LogP contribution is -2.38. The van der Waals surface area contributed by atoms with Gasteiger partial charge in [0.1, 0.15) is 0 Å². The summed E-state index contributed by atoms with van der Waals surface area (Å²) in [5, 5.41) is 5.85. The van der Waals surface area contributed by atoms with Gasteiger partial charge in [0.05, 0.1) is 16.4 Å². The molecule has 0 aliphatic heterocycles. The molecule has 0 atom stereocenters. The van der Waals surface area contributed by atoms with E-state index in [0.29, 0.717) is 21.4 Å². The molecule has 2 aromatic carbocycles. The van der Waals surface area contributed by atoms with Gasteiger partial charge in [-0.05, 0) is 61.2 Å². The molecule has 2 heterocycles. The number of nitrogens with zero attached hydrogens (tertiary/aromatic N) is 4. The summed E-state index contributed by atoms with van der Waals surface area (Å²) < 4.78 is 1.78. The van der Waals surface area contributed by atoms with Gasteiger partial charge in [0.2, 0.25) is 0 Å². The predicted molar refractivity (Wildman–Crippen MR) is 146 cm³/mol. The molecule has 1 amide bonds. The molecule has 1 aliphatic rings. The summed E-state index contributed by atoms with van der Waals surface area (Å²) >= 11 is 12.8. The number of pyridine rings is 1. The molecular formula is C29H28Cl2N4O. The van der Waals surface area contributed by atoms with E-state index in [9.17, 15) is 4.79 Å². The summed E-state index contributed by atoms with van der Waals surface area (Å²) in [4.78, 5) is 19.6. The van der Waals surface area contributed by atoms with Crippen LogP contribution in [0.3, 0.4) is 0 Å². The minimum absolute atomic E-state index is 0.0575.